The maximum atomic E-state index is 13.1. The third-order valence-corrected chi connectivity index (χ3v) is 6.68. The highest BCUT2D eigenvalue weighted by Crippen LogP contribution is 2.35. The fourth-order valence-electron chi connectivity index (χ4n) is 4.85. The lowest BCUT2D eigenvalue weighted by atomic mass is 10.1. The molecular formula is C29H31N3O3. The first kappa shape index (κ1) is 23.0. The Hall–Kier alpha value is -3.80. The first-order valence-electron chi connectivity index (χ1n) is 12.1. The average molecular weight is 470 g/mol. The van der Waals surface area contributed by atoms with Gasteiger partial charge in [0.25, 0.3) is 0 Å². The number of anilines is 1. The third-order valence-electron chi connectivity index (χ3n) is 6.68. The Balaban J connectivity index is 1.34. The second-order valence-electron chi connectivity index (χ2n) is 9.18. The standard InChI is InChI=1S/C29H31N3O3/c1-20-9-10-21(2)27(17-20)32-19-22(18-28(32)33)29-30-25-7-4-5-8-26(25)31(29)15-6-16-35-24-13-11-23(34-3)12-14-24/h4-5,7-14,17,22H,6,15-16,18-19H2,1-3H3/t22-/m1/s1. The summed E-state index contributed by atoms with van der Waals surface area (Å²) in [5, 5.41) is 0. The highest BCUT2D eigenvalue weighted by molar-refractivity contribution is 5.97. The van der Waals surface area contributed by atoms with E-state index in [2.05, 4.69) is 42.7 Å². The van der Waals surface area contributed by atoms with Gasteiger partial charge in [-0.2, -0.15) is 0 Å². The number of benzene rings is 3. The fourth-order valence-corrected chi connectivity index (χ4v) is 4.85. The minimum atomic E-state index is 0.0531. The molecule has 1 aromatic heterocycles. The van der Waals surface area contributed by atoms with Gasteiger partial charge < -0.3 is 18.9 Å². The van der Waals surface area contributed by atoms with Gasteiger partial charge in [0.15, 0.2) is 0 Å². The Morgan fingerprint density at radius 3 is 2.57 bits per heavy atom. The van der Waals surface area contributed by atoms with Crippen LogP contribution in [0.4, 0.5) is 5.69 Å². The van der Waals surface area contributed by atoms with Crippen LogP contribution in [0, 0.1) is 13.8 Å². The molecule has 1 fully saturated rings. The zero-order valence-corrected chi connectivity index (χ0v) is 20.5. The molecule has 6 nitrogen and oxygen atoms in total. The molecule has 0 aliphatic carbocycles. The normalized spacial score (nSPS) is 15.7. The smallest absolute Gasteiger partial charge is 0.227 e. The quantitative estimate of drug-likeness (QED) is 0.313. The molecular weight excluding hydrogens is 438 g/mol. The molecule has 0 unspecified atom stereocenters. The van der Waals surface area contributed by atoms with Crippen molar-refractivity contribution in [1.29, 1.82) is 0 Å². The number of imidazole rings is 1. The summed E-state index contributed by atoms with van der Waals surface area (Å²) in [4.78, 5) is 20.0. The molecule has 180 valence electrons. The van der Waals surface area contributed by atoms with Crippen molar-refractivity contribution in [3.63, 3.8) is 0 Å². The number of fused-ring (bicyclic) bond motifs is 1. The third kappa shape index (κ3) is 4.74. The molecule has 1 aliphatic heterocycles. The van der Waals surface area contributed by atoms with Crippen LogP contribution in [0.15, 0.2) is 66.7 Å². The highest BCUT2D eigenvalue weighted by Gasteiger charge is 2.35. The number of amides is 1. The van der Waals surface area contributed by atoms with E-state index in [-0.39, 0.29) is 11.8 Å². The van der Waals surface area contributed by atoms with Gasteiger partial charge in [0, 0.05) is 31.1 Å². The summed E-state index contributed by atoms with van der Waals surface area (Å²) in [5.74, 6) is 2.83. The van der Waals surface area contributed by atoms with E-state index in [1.165, 1.54) is 0 Å². The summed E-state index contributed by atoms with van der Waals surface area (Å²) in [6, 6.07) is 22.1. The van der Waals surface area contributed by atoms with E-state index in [1.54, 1.807) is 7.11 Å². The van der Waals surface area contributed by atoms with Crippen LogP contribution in [0.2, 0.25) is 0 Å². The van der Waals surface area contributed by atoms with Crippen LogP contribution in [-0.2, 0) is 11.3 Å². The van der Waals surface area contributed by atoms with Crippen LogP contribution >= 0.6 is 0 Å². The number of aryl methyl sites for hydroxylation is 3. The van der Waals surface area contributed by atoms with E-state index in [1.807, 2.05) is 47.4 Å². The van der Waals surface area contributed by atoms with Gasteiger partial charge in [-0.3, -0.25) is 4.79 Å². The van der Waals surface area contributed by atoms with Crippen molar-refractivity contribution in [3.8, 4) is 11.5 Å². The number of hydrogen-bond donors (Lipinski definition) is 0. The summed E-state index contributed by atoms with van der Waals surface area (Å²) >= 11 is 0. The number of nitrogens with zero attached hydrogens (tertiary/aromatic N) is 3. The van der Waals surface area contributed by atoms with Crippen LogP contribution in [0.5, 0.6) is 11.5 Å². The van der Waals surface area contributed by atoms with Crippen LogP contribution in [0.25, 0.3) is 11.0 Å². The minimum absolute atomic E-state index is 0.0531. The summed E-state index contributed by atoms with van der Waals surface area (Å²) in [6.07, 6.45) is 1.31. The number of carbonyl (C=O) groups is 1. The lowest BCUT2D eigenvalue weighted by Crippen LogP contribution is -2.25. The maximum Gasteiger partial charge on any atom is 0.227 e. The van der Waals surface area contributed by atoms with Gasteiger partial charge >= 0.3 is 0 Å². The second-order valence-corrected chi connectivity index (χ2v) is 9.18. The zero-order chi connectivity index (χ0) is 24.4. The van der Waals surface area contributed by atoms with Gasteiger partial charge in [-0.25, -0.2) is 4.98 Å². The Morgan fingerprint density at radius 1 is 1.00 bits per heavy atom. The zero-order valence-electron chi connectivity index (χ0n) is 20.5. The minimum Gasteiger partial charge on any atom is -0.497 e. The van der Waals surface area contributed by atoms with Gasteiger partial charge in [0.2, 0.25) is 5.91 Å². The van der Waals surface area contributed by atoms with Gasteiger partial charge in [-0.1, -0.05) is 24.3 Å². The molecule has 1 saturated heterocycles. The molecule has 4 aromatic rings. The van der Waals surface area contributed by atoms with E-state index >= 15 is 0 Å². The largest absolute Gasteiger partial charge is 0.497 e. The number of aromatic nitrogens is 2. The summed E-state index contributed by atoms with van der Waals surface area (Å²) in [5.41, 5.74) is 5.36. The molecule has 35 heavy (non-hydrogen) atoms. The van der Waals surface area contributed by atoms with Gasteiger partial charge in [-0.05, 0) is 73.9 Å². The molecule has 0 N–H and O–H groups in total. The van der Waals surface area contributed by atoms with Crippen molar-refractivity contribution in [2.45, 2.75) is 39.2 Å². The first-order chi connectivity index (χ1) is 17.0. The number of rotatable bonds is 8. The van der Waals surface area contributed by atoms with E-state index in [0.717, 1.165) is 58.1 Å². The Bertz CT molecular complexity index is 1340. The molecule has 1 amide bonds. The van der Waals surface area contributed by atoms with Crippen LogP contribution in [0.1, 0.15) is 35.7 Å². The summed E-state index contributed by atoms with van der Waals surface area (Å²) in [6.45, 7) is 6.15. The van der Waals surface area contributed by atoms with E-state index in [9.17, 15) is 4.79 Å². The lowest BCUT2D eigenvalue weighted by molar-refractivity contribution is -0.117. The maximum absolute atomic E-state index is 13.1. The van der Waals surface area contributed by atoms with Crippen molar-refractivity contribution in [2.75, 3.05) is 25.2 Å². The molecule has 1 aliphatic rings. The molecule has 0 bridgehead atoms. The predicted molar refractivity (Wildman–Crippen MR) is 138 cm³/mol. The van der Waals surface area contributed by atoms with E-state index in [0.29, 0.717) is 19.6 Å². The van der Waals surface area contributed by atoms with Gasteiger partial charge in [-0.15, -0.1) is 0 Å². The number of para-hydroxylation sites is 2. The van der Waals surface area contributed by atoms with Crippen molar-refractivity contribution in [1.82, 2.24) is 9.55 Å². The molecule has 3 aromatic carbocycles. The molecule has 5 rings (SSSR count). The molecule has 1 atom stereocenters. The fraction of sp³-hybridized carbons (Fsp3) is 0.310. The molecule has 0 saturated carbocycles. The Labute approximate surface area is 206 Å². The number of carbonyl (C=O) groups excluding carboxylic acids is 1. The number of ether oxygens (including phenoxy) is 2. The van der Waals surface area contributed by atoms with Crippen molar-refractivity contribution < 1.29 is 14.3 Å². The Kier molecular flexibility index (Phi) is 6.45. The number of hydrogen-bond acceptors (Lipinski definition) is 4. The monoisotopic (exact) mass is 469 g/mol. The first-order valence-corrected chi connectivity index (χ1v) is 12.1. The number of methoxy groups -OCH3 is 1. The molecule has 0 spiro atoms. The van der Waals surface area contributed by atoms with E-state index in [4.69, 9.17) is 14.5 Å². The van der Waals surface area contributed by atoms with E-state index < -0.39 is 0 Å². The molecule has 2 heterocycles. The van der Waals surface area contributed by atoms with Crippen molar-refractivity contribution in [3.05, 3.63) is 83.7 Å². The SMILES string of the molecule is COc1ccc(OCCCn2c([C@@H]3CC(=O)N(c4cc(C)ccc4C)C3)nc3ccccc32)cc1. The molecule has 0 radical (unpaired) electrons. The highest BCUT2D eigenvalue weighted by atomic mass is 16.5. The predicted octanol–water partition coefficient (Wildman–Crippen LogP) is 5.65. The summed E-state index contributed by atoms with van der Waals surface area (Å²) < 4.78 is 13.4. The second kappa shape index (κ2) is 9.82. The lowest BCUT2D eigenvalue weighted by Gasteiger charge is -2.20. The van der Waals surface area contributed by atoms with Gasteiger partial charge in [0.1, 0.15) is 17.3 Å². The van der Waals surface area contributed by atoms with Crippen LogP contribution < -0.4 is 14.4 Å². The molecule has 6 heteroatoms. The topological polar surface area (TPSA) is 56.6 Å². The Morgan fingerprint density at radius 2 is 1.77 bits per heavy atom. The van der Waals surface area contributed by atoms with Crippen molar-refractivity contribution >= 4 is 22.6 Å². The summed E-state index contributed by atoms with van der Waals surface area (Å²) in [7, 11) is 1.65. The van der Waals surface area contributed by atoms with Gasteiger partial charge in [0.05, 0.1) is 24.8 Å². The van der Waals surface area contributed by atoms with Crippen LogP contribution in [-0.4, -0.2) is 35.7 Å². The van der Waals surface area contributed by atoms with Crippen LogP contribution in [0.3, 0.4) is 0 Å². The van der Waals surface area contributed by atoms with Crippen molar-refractivity contribution in [2.24, 2.45) is 0 Å². The average Bonchev–Trinajstić information content (AvgIpc) is 3.44.